The number of nitrogens with zero attached hydrogens (tertiary/aromatic N) is 2. The monoisotopic (exact) mass is 372 g/mol. The molecule has 1 unspecified atom stereocenters. The molecule has 0 amide bonds. The topological polar surface area (TPSA) is 73.2 Å². The molecule has 1 aromatic carbocycles. The van der Waals surface area contributed by atoms with E-state index in [0.717, 1.165) is 29.7 Å². The number of rotatable bonds is 6. The Bertz CT molecular complexity index is 526. The Morgan fingerprint density at radius 3 is 3.05 bits per heavy atom. The van der Waals surface area contributed by atoms with Crippen molar-refractivity contribution in [2.45, 2.75) is 12.6 Å². The molecule has 1 heterocycles. The lowest BCUT2D eigenvalue weighted by atomic mass is 10.1. The van der Waals surface area contributed by atoms with Gasteiger partial charge in [-0.25, -0.2) is 0 Å². The molecule has 1 aromatic rings. The summed E-state index contributed by atoms with van der Waals surface area (Å²) >= 11 is 3.50. The van der Waals surface area contributed by atoms with Gasteiger partial charge in [0.2, 0.25) is 0 Å². The Hall–Kier alpha value is -1.15. The number of morpholine rings is 1. The fourth-order valence-electron chi connectivity index (χ4n) is 2.60. The number of carboxylic acid groups (broad SMARTS) is 1. The van der Waals surface area contributed by atoms with Crippen LogP contribution in [0.1, 0.15) is 5.56 Å². The second-order valence-corrected chi connectivity index (χ2v) is 6.45. The van der Waals surface area contributed by atoms with E-state index in [2.05, 4.69) is 20.8 Å². The number of aromatic hydroxyl groups is 1. The number of phenols is 1. The van der Waals surface area contributed by atoms with Crippen molar-refractivity contribution >= 4 is 21.9 Å². The number of phenolic OH excluding ortho intramolecular Hbond substituents is 1. The van der Waals surface area contributed by atoms with Gasteiger partial charge in [-0.05, 0) is 30.8 Å². The minimum absolute atomic E-state index is 0.00538. The number of hydrogen-bond donors (Lipinski definition) is 2. The lowest BCUT2D eigenvalue weighted by Gasteiger charge is -2.34. The number of ether oxygens (including phenoxy) is 1. The highest BCUT2D eigenvalue weighted by molar-refractivity contribution is 9.10. The third-order valence-corrected chi connectivity index (χ3v) is 4.34. The number of halogens is 1. The van der Waals surface area contributed by atoms with E-state index in [1.807, 2.05) is 6.07 Å². The molecule has 0 saturated carbocycles. The van der Waals surface area contributed by atoms with Crippen molar-refractivity contribution in [1.82, 2.24) is 9.80 Å². The fraction of sp³-hybridized carbons (Fsp3) is 0.533. The van der Waals surface area contributed by atoms with Crippen LogP contribution in [0.25, 0.3) is 0 Å². The van der Waals surface area contributed by atoms with Gasteiger partial charge < -0.3 is 14.9 Å². The average Bonchev–Trinajstić information content (AvgIpc) is 2.42. The van der Waals surface area contributed by atoms with E-state index in [-0.39, 0.29) is 18.4 Å². The molecule has 0 aromatic heterocycles. The minimum Gasteiger partial charge on any atom is -0.508 e. The van der Waals surface area contributed by atoms with Crippen LogP contribution < -0.4 is 0 Å². The molecule has 0 radical (unpaired) electrons. The van der Waals surface area contributed by atoms with E-state index < -0.39 is 5.97 Å². The van der Waals surface area contributed by atoms with Crippen LogP contribution in [0.5, 0.6) is 5.75 Å². The molecule has 2 N–H and O–H groups in total. The highest BCUT2D eigenvalue weighted by Crippen LogP contribution is 2.23. The highest BCUT2D eigenvalue weighted by Gasteiger charge is 2.23. The van der Waals surface area contributed by atoms with Crippen LogP contribution >= 0.6 is 15.9 Å². The summed E-state index contributed by atoms with van der Waals surface area (Å²) in [6.07, 6.45) is -0.00538. The van der Waals surface area contributed by atoms with Gasteiger partial charge in [-0.3, -0.25) is 14.6 Å². The molecule has 7 heteroatoms. The van der Waals surface area contributed by atoms with Crippen molar-refractivity contribution in [2.24, 2.45) is 0 Å². The Morgan fingerprint density at radius 2 is 2.32 bits per heavy atom. The molecular formula is C15H21BrN2O4. The molecule has 6 nitrogen and oxygen atoms in total. The number of hydrogen-bond acceptors (Lipinski definition) is 5. The van der Waals surface area contributed by atoms with Gasteiger partial charge in [0.05, 0.1) is 19.3 Å². The zero-order valence-corrected chi connectivity index (χ0v) is 14.1. The molecule has 1 saturated heterocycles. The van der Waals surface area contributed by atoms with E-state index in [9.17, 15) is 9.90 Å². The zero-order chi connectivity index (χ0) is 16.1. The van der Waals surface area contributed by atoms with Crippen LogP contribution in [0, 0.1) is 0 Å². The van der Waals surface area contributed by atoms with Crippen molar-refractivity contribution in [2.75, 3.05) is 39.8 Å². The maximum absolute atomic E-state index is 10.7. The lowest BCUT2D eigenvalue weighted by Crippen LogP contribution is -2.47. The molecule has 1 aliphatic heterocycles. The summed E-state index contributed by atoms with van der Waals surface area (Å²) in [5.41, 5.74) is 1.03. The molecule has 22 heavy (non-hydrogen) atoms. The summed E-state index contributed by atoms with van der Waals surface area (Å²) < 4.78 is 6.68. The van der Waals surface area contributed by atoms with Gasteiger partial charge in [0, 0.05) is 30.7 Å². The normalized spacial score (nSPS) is 19.5. The number of likely N-dealkylation sites (N-methyl/N-ethyl adjacent to an activating group) is 1. The summed E-state index contributed by atoms with van der Waals surface area (Å²) in [5.74, 6) is -0.581. The average molecular weight is 373 g/mol. The van der Waals surface area contributed by atoms with E-state index in [1.54, 1.807) is 24.1 Å². The predicted octanol–water partition coefficient (Wildman–Crippen LogP) is 1.37. The molecule has 2 rings (SSSR count). The minimum atomic E-state index is -0.834. The zero-order valence-electron chi connectivity index (χ0n) is 12.5. The molecule has 122 valence electrons. The van der Waals surface area contributed by atoms with Gasteiger partial charge in [0.25, 0.3) is 0 Å². The number of aliphatic carboxylic acids is 1. The van der Waals surface area contributed by atoms with Crippen LogP contribution in [0.2, 0.25) is 0 Å². The summed E-state index contributed by atoms with van der Waals surface area (Å²) in [6.45, 7) is 3.51. The second kappa shape index (κ2) is 7.92. The first-order valence-corrected chi connectivity index (χ1v) is 7.95. The van der Waals surface area contributed by atoms with Gasteiger partial charge in [-0.1, -0.05) is 15.9 Å². The second-order valence-electron chi connectivity index (χ2n) is 5.59. The van der Waals surface area contributed by atoms with Crippen LogP contribution in [0.4, 0.5) is 0 Å². The largest absolute Gasteiger partial charge is 0.508 e. The Labute approximate surface area is 138 Å². The van der Waals surface area contributed by atoms with Crippen molar-refractivity contribution in [3.05, 3.63) is 28.2 Å². The standard InChI is InChI=1S/C15H21BrN2O4/c1-17(10-15(20)21)8-13-9-18(4-5-22-13)7-11-6-12(19)2-3-14(11)16/h2-3,6,13,19H,4-5,7-10H2,1H3,(H,20,21). The fourth-order valence-corrected chi connectivity index (χ4v) is 2.97. The first-order valence-electron chi connectivity index (χ1n) is 7.15. The number of carboxylic acids is 1. The van der Waals surface area contributed by atoms with Crippen molar-refractivity contribution in [3.8, 4) is 5.75 Å². The van der Waals surface area contributed by atoms with E-state index in [4.69, 9.17) is 9.84 Å². The first kappa shape index (κ1) is 17.2. The Morgan fingerprint density at radius 1 is 1.55 bits per heavy atom. The smallest absolute Gasteiger partial charge is 0.317 e. The van der Waals surface area contributed by atoms with Crippen LogP contribution in [0.3, 0.4) is 0 Å². The maximum Gasteiger partial charge on any atom is 0.317 e. The first-order chi connectivity index (χ1) is 10.4. The SMILES string of the molecule is CN(CC(=O)O)CC1CN(Cc2cc(O)ccc2Br)CCO1. The van der Waals surface area contributed by atoms with Crippen molar-refractivity contribution < 1.29 is 19.7 Å². The Kier molecular flexibility index (Phi) is 6.19. The van der Waals surface area contributed by atoms with Gasteiger partial charge in [0.15, 0.2) is 0 Å². The summed E-state index contributed by atoms with van der Waals surface area (Å²) in [4.78, 5) is 14.7. The number of carbonyl (C=O) groups is 1. The van der Waals surface area contributed by atoms with E-state index in [0.29, 0.717) is 13.2 Å². The van der Waals surface area contributed by atoms with E-state index >= 15 is 0 Å². The van der Waals surface area contributed by atoms with Crippen molar-refractivity contribution in [1.29, 1.82) is 0 Å². The molecule has 1 atom stereocenters. The van der Waals surface area contributed by atoms with Gasteiger partial charge >= 0.3 is 5.97 Å². The molecule has 0 spiro atoms. The molecule has 0 aliphatic carbocycles. The summed E-state index contributed by atoms with van der Waals surface area (Å²) in [5, 5.41) is 18.4. The van der Waals surface area contributed by atoms with Gasteiger partial charge in [0.1, 0.15) is 5.75 Å². The van der Waals surface area contributed by atoms with E-state index in [1.165, 1.54) is 0 Å². The quantitative estimate of drug-likeness (QED) is 0.785. The maximum atomic E-state index is 10.7. The molecule has 1 aliphatic rings. The van der Waals surface area contributed by atoms with Crippen molar-refractivity contribution in [3.63, 3.8) is 0 Å². The summed E-state index contributed by atoms with van der Waals surface area (Å²) in [7, 11) is 1.78. The highest BCUT2D eigenvalue weighted by atomic mass is 79.9. The third kappa shape index (κ3) is 5.24. The molecule has 1 fully saturated rings. The third-order valence-electron chi connectivity index (χ3n) is 3.57. The Balaban J connectivity index is 1.90. The molecular weight excluding hydrogens is 352 g/mol. The van der Waals surface area contributed by atoms with Crippen LogP contribution in [-0.2, 0) is 16.1 Å². The predicted molar refractivity (Wildman–Crippen MR) is 86.0 cm³/mol. The lowest BCUT2D eigenvalue weighted by molar-refractivity contribution is -0.138. The van der Waals surface area contributed by atoms with Gasteiger partial charge in [-0.15, -0.1) is 0 Å². The van der Waals surface area contributed by atoms with Gasteiger partial charge in [-0.2, -0.15) is 0 Å². The van der Waals surface area contributed by atoms with Crippen LogP contribution in [-0.4, -0.2) is 71.9 Å². The number of benzene rings is 1. The summed E-state index contributed by atoms with van der Waals surface area (Å²) in [6, 6.07) is 5.24. The van der Waals surface area contributed by atoms with Crippen LogP contribution in [0.15, 0.2) is 22.7 Å². The molecule has 0 bridgehead atoms.